The first-order chi connectivity index (χ1) is 10.6. The number of rotatable bonds is 1. The summed E-state index contributed by atoms with van der Waals surface area (Å²) < 4.78 is 0. The van der Waals surface area contributed by atoms with E-state index in [2.05, 4.69) is 87.5 Å². The maximum absolute atomic E-state index is 2.35. The average molecular weight is 284 g/mol. The van der Waals surface area contributed by atoms with Gasteiger partial charge < -0.3 is 0 Å². The number of benzene rings is 3. The van der Waals surface area contributed by atoms with Crippen molar-refractivity contribution in [3.05, 3.63) is 83.4 Å². The van der Waals surface area contributed by atoms with Crippen molar-refractivity contribution in [2.45, 2.75) is 26.2 Å². The van der Waals surface area contributed by atoms with Crippen molar-refractivity contribution in [3.8, 4) is 22.3 Å². The summed E-state index contributed by atoms with van der Waals surface area (Å²) in [5.41, 5.74) is 9.67. The molecule has 0 bridgehead atoms. The van der Waals surface area contributed by atoms with Crippen LogP contribution in [0.1, 0.15) is 30.5 Å². The zero-order valence-corrected chi connectivity index (χ0v) is 13.4. The van der Waals surface area contributed by atoms with Gasteiger partial charge in [-0.15, -0.1) is 0 Å². The zero-order valence-electron chi connectivity index (χ0n) is 13.4. The predicted molar refractivity (Wildman–Crippen MR) is 94.2 cm³/mol. The molecule has 1 aliphatic carbocycles. The molecule has 0 saturated carbocycles. The third-order valence-corrected chi connectivity index (χ3v) is 4.94. The molecule has 0 atom stereocenters. The molecule has 0 spiro atoms. The number of hydrogen-bond donors (Lipinski definition) is 0. The minimum Gasteiger partial charge on any atom is -0.0622 e. The van der Waals surface area contributed by atoms with Crippen molar-refractivity contribution >= 4 is 0 Å². The smallest absolute Gasteiger partial charge is 0.0158 e. The highest BCUT2D eigenvalue weighted by Gasteiger charge is 2.35. The summed E-state index contributed by atoms with van der Waals surface area (Å²) >= 11 is 0. The van der Waals surface area contributed by atoms with Crippen molar-refractivity contribution < 1.29 is 0 Å². The topological polar surface area (TPSA) is 0 Å². The highest BCUT2D eigenvalue weighted by atomic mass is 14.4. The Balaban J connectivity index is 1.96. The van der Waals surface area contributed by atoms with Gasteiger partial charge in [0, 0.05) is 5.41 Å². The van der Waals surface area contributed by atoms with Crippen LogP contribution in [0.2, 0.25) is 0 Å². The van der Waals surface area contributed by atoms with Crippen LogP contribution in [0.15, 0.2) is 66.7 Å². The Kier molecular flexibility index (Phi) is 2.77. The molecule has 0 nitrogen and oxygen atoms in total. The second kappa shape index (κ2) is 4.58. The lowest BCUT2D eigenvalue weighted by molar-refractivity contribution is 0.660. The van der Waals surface area contributed by atoms with Crippen molar-refractivity contribution in [2.24, 2.45) is 0 Å². The number of fused-ring (bicyclic) bond motifs is 3. The lowest BCUT2D eigenvalue weighted by Gasteiger charge is -2.21. The van der Waals surface area contributed by atoms with E-state index in [0.717, 1.165) is 0 Å². The van der Waals surface area contributed by atoms with Crippen LogP contribution >= 0.6 is 0 Å². The van der Waals surface area contributed by atoms with Crippen molar-refractivity contribution in [1.29, 1.82) is 0 Å². The quantitative estimate of drug-likeness (QED) is 0.516. The molecule has 1 aliphatic rings. The zero-order chi connectivity index (χ0) is 15.3. The van der Waals surface area contributed by atoms with Gasteiger partial charge in [0.2, 0.25) is 0 Å². The average Bonchev–Trinajstić information content (AvgIpc) is 2.76. The van der Waals surface area contributed by atoms with Gasteiger partial charge in [0.15, 0.2) is 0 Å². The highest BCUT2D eigenvalue weighted by Crippen LogP contribution is 2.49. The minimum atomic E-state index is 0.0892. The summed E-state index contributed by atoms with van der Waals surface area (Å²) in [6, 6.07) is 24.4. The standard InChI is InChI=1S/C22H20/c1-15-9-11-18-19-14-17(16-7-5-4-6-8-16)10-12-20(19)22(2,3)21(18)13-15/h4-14H,1-3H3. The van der Waals surface area contributed by atoms with E-state index in [-0.39, 0.29) is 5.41 Å². The normalized spacial score (nSPS) is 14.5. The van der Waals surface area contributed by atoms with E-state index in [1.54, 1.807) is 0 Å². The van der Waals surface area contributed by atoms with E-state index in [1.165, 1.54) is 38.9 Å². The van der Waals surface area contributed by atoms with Crippen LogP contribution in [0.4, 0.5) is 0 Å². The third-order valence-electron chi connectivity index (χ3n) is 4.94. The van der Waals surface area contributed by atoms with E-state index in [1.807, 2.05) is 0 Å². The summed E-state index contributed by atoms with van der Waals surface area (Å²) in [6.45, 7) is 6.84. The molecule has 0 N–H and O–H groups in total. The van der Waals surface area contributed by atoms with Gasteiger partial charge in [0.1, 0.15) is 0 Å². The van der Waals surface area contributed by atoms with E-state index < -0.39 is 0 Å². The molecule has 0 heteroatoms. The van der Waals surface area contributed by atoms with Crippen molar-refractivity contribution in [2.75, 3.05) is 0 Å². The fourth-order valence-electron chi connectivity index (χ4n) is 3.68. The first-order valence-corrected chi connectivity index (χ1v) is 7.89. The summed E-state index contributed by atoms with van der Waals surface area (Å²) in [7, 11) is 0. The Bertz CT molecular complexity index is 854. The van der Waals surface area contributed by atoms with Gasteiger partial charge >= 0.3 is 0 Å². The Hall–Kier alpha value is -2.34. The molecule has 0 fully saturated rings. The Morgan fingerprint density at radius 1 is 0.636 bits per heavy atom. The molecule has 4 rings (SSSR count). The number of hydrogen-bond acceptors (Lipinski definition) is 0. The monoisotopic (exact) mass is 284 g/mol. The summed E-state index contributed by atoms with van der Waals surface area (Å²) in [4.78, 5) is 0. The predicted octanol–water partition coefficient (Wildman–Crippen LogP) is 5.97. The Morgan fingerprint density at radius 2 is 1.41 bits per heavy atom. The van der Waals surface area contributed by atoms with E-state index in [9.17, 15) is 0 Å². The maximum atomic E-state index is 2.35. The minimum absolute atomic E-state index is 0.0892. The Labute approximate surface area is 132 Å². The van der Waals surface area contributed by atoms with Gasteiger partial charge in [-0.3, -0.25) is 0 Å². The van der Waals surface area contributed by atoms with Gasteiger partial charge in [-0.1, -0.05) is 80.1 Å². The molecule has 0 unspecified atom stereocenters. The van der Waals surface area contributed by atoms with Crippen LogP contribution in [0.3, 0.4) is 0 Å². The third kappa shape index (κ3) is 1.84. The van der Waals surface area contributed by atoms with Gasteiger partial charge in [-0.05, 0) is 46.4 Å². The second-order valence-corrected chi connectivity index (χ2v) is 6.80. The fourth-order valence-corrected chi connectivity index (χ4v) is 3.68. The van der Waals surface area contributed by atoms with E-state index >= 15 is 0 Å². The molecule has 108 valence electrons. The molecule has 0 heterocycles. The van der Waals surface area contributed by atoms with Gasteiger partial charge in [0.25, 0.3) is 0 Å². The molecule has 0 aliphatic heterocycles. The Morgan fingerprint density at radius 3 is 2.18 bits per heavy atom. The lowest BCUT2D eigenvalue weighted by atomic mass is 9.82. The molecule has 3 aromatic rings. The highest BCUT2D eigenvalue weighted by molar-refractivity contribution is 5.84. The first kappa shape index (κ1) is 13.3. The van der Waals surface area contributed by atoms with Gasteiger partial charge in [-0.25, -0.2) is 0 Å². The van der Waals surface area contributed by atoms with Gasteiger partial charge in [0.05, 0.1) is 0 Å². The molecule has 0 saturated heterocycles. The summed E-state index contributed by atoms with van der Waals surface area (Å²) in [6.07, 6.45) is 0. The molecule has 22 heavy (non-hydrogen) atoms. The van der Waals surface area contributed by atoms with Crippen LogP contribution in [0.25, 0.3) is 22.3 Å². The summed E-state index contributed by atoms with van der Waals surface area (Å²) in [5.74, 6) is 0. The van der Waals surface area contributed by atoms with Crippen molar-refractivity contribution in [3.63, 3.8) is 0 Å². The molecular formula is C22H20. The lowest BCUT2D eigenvalue weighted by Crippen LogP contribution is -2.15. The van der Waals surface area contributed by atoms with Crippen LogP contribution < -0.4 is 0 Å². The molecule has 3 aromatic carbocycles. The van der Waals surface area contributed by atoms with Crippen molar-refractivity contribution in [1.82, 2.24) is 0 Å². The summed E-state index contributed by atoms with van der Waals surface area (Å²) in [5, 5.41) is 0. The fraction of sp³-hybridized carbons (Fsp3) is 0.182. The van der Waals surface area contributed by atoms with Gasteiger partial charge in [-0.2, -0.15) is 0 Å². The molecule has 0 aromatic heterocycles. The molecule has 0 amide bonds. The maximum Gasteiger partial charge on any atom is 0.0158 e. The van der Waals surface area contributed by atoms with Crippen LogP contribution in [0, 0.1) is 6.92 Å². The number of aryl methyl sites for hydroxylation is 1. The van der Waals surface area contributed by atoms with Crippen LogP contribution in [-0.2, 0) is 5.41 Å². The SMILES string of the molecule is Cc1ccc2c(c1)C(C)(C)c1ccc(-c3ccccc3)cc1-2. The largest absolute Gasteiger partial charge is 0.0622 e. The molecule has 0 radical (unpaired) electrons. The molecular weight excluding hydrogens is 264 g/mol. The van der Waals surface area contributed by atoms with Crippen LogP contribution in [0.5, 0.6) is 0 Å². The van der Waals surface area contributed by atoms with E-state index in [0.29, 0.717) is 0 Å². The van der Waals surface area contributed by atoms with Crippen LogP contribution in [-0.4, -0.2) is 0 Å². The first-order valence-electron chi connectivity index (χ1n) is 7.89. The van der Waals surface area contributed by atoms with E-state index in [4.69, 9.17) is 0 Å². The second-order valence-electron chi connectivity index (χ2n) is 6.80.